The Labute approximate surface area is 197 Å². The number of nitrogens with zero attached hydrogens (tertiary/aromatic N) is 1. The van der Waals surface area contributed by atoms with Crippen LogP contribution in [0.5, 0.6) is 0 Å². The van der Waals surface area contributed by atoms with Crippen molar-refractivity contribution in [2.45, 2.75) is 64.3 Å². The lowest BCUT2D eigenvalue weighted by atomic mass is 9.84. The van der Waals surface area contributed by atoms with Gasteiger partial charge in [0.15, 0.2) is 0 Å². The fourth-order valence-electron chi connectivity index (χ4n) is 3.76. The lowest BCUT2D eigenvalue weighted by Gasteiger charge is -2.22. The molecule has 2 aromatic rings. The zero-order valence-electron chi connectivity index (χ0n) is 18.7. The van der Waals surface area contributed by atoms with Gasteiger partial charge in [-0.25, -0.2) is 4.79 Å². The molecule has 1 aliphatic rings. The van der Waals surface area contributed by atoms with Crippen molar-refractivity contribution >= 4 is 25.0 Å². The number of hydrogen-bond donors (Lipinski definition) is 2. The molecule has 0 radical (unpaired) electrons. The lowest BCUT2D eigenvalue weighted by Crippen LogP contribution is -2.34. The van der Waals surface area contributed by atoms with E-state index in [2.05, 4.69) is 44.7 Å². The quantitative estimate of drug-likeness (QED) is 0.418. The van der Waals surface area contributed by atoms with Crippen molar-refractivity contribution in [3.63, 3.8) is 0 Å². The maximum absolute atomic E-state index is 12.4. The van der Waals surface area contributed by atoms with E-state index in [0.29, 0.717) is 25.2 Å². The van der Waals surface area contributed by atoms with E-state index >= 15 is 0 Å². The van der Waals surface area contributed by atoms with Crippen LogP contribution in [0.4, 0.5) is 0 Å². The molecule has 3 atom stereocenters. The Kier molecular flexibility index (Phi) is 8.65. The lowest BCUT2D eigenvalue weighted by molar-refractivity contribution is -0.0320. The molecule has 0 saturated carbocycles. The molecule has 1 N–H and O–H groups in total. The number of rotatable bonds is 9. The Hall–Kier alpha value is -1.56. The van der Waals surface area contributed by atoms with Crippen molar-refractivity contribution < 1.29 is 17.8 Å². The van der Waals surface area contributed by atoms with Crippen LogP contribution in [-0.2, 0) is 36.5 Å². The number of ether oxygens (including phenoxy) is 2. The molecule has 8 nitrogen and oxygen atoms in total. The first kappa shape index (κ1) is 25.1. The number of aromatic amines is 1. The Morgan fingerprint density at radius 2 is 1.94 bits per heavy atom. The Balaban J connectivity index is 1.73. The average Bonchev–Trinajstić information content (AvgIpc) is 3.16. The highest BCUT2D eigenvalue weighted by Gasteiger charge is 2.37. The summed E-state index contributed by atoms with van der Waals surface area (Å²) in [5.74, 6) is 0. The predicted molar refractivity (Wildman–Crippen MR) is 127 cm³/mol. The summed E-state index contributed by atoms with van der Waals surface area (Å²) in [7, 11) is 0. The van der Waals surface area contributed by atoms with Gasteiger partial charge in [0.05, 0.1) is 25.4 Å². The molecule has 2 heterocycles. The molecule has 0 aliphatic carbocycles. The van der Waals surface area contributed by atoms with E-state index in [-0.39, 0.29) is 24.2 Å². The standard InChI is InChI=1S/C22H30N2O6S2/c1-22(2,3)16-8-6-5-7-14(16)11-27-12-15-10-24(21(26)23-20(15)25)19-9-17(30-31)18(29-19)13-28-32-4/h5-8,10,17-19,31H,9,11-13H2,1-4H3,(H,23,25,26)/t17-,18-,19-/m1/s1. The van der Waals surface area contributed by atoms with E-state index in [1.807, 2.05) is 24.5 Å². The van der Waals surface area contributed by atoms with Crippen molar-refractivity contribution in [3.05, 3.63) is 68.0 Å². The maximum Gasteiger partial charge on any atom is 0.330 e. The molecule has 10 heteroatoms. The van der Waals surface area contributed by atoms with Gasteiger partial charge in [0.25, 0.3) is 5.56 Å². The van der Waals surface area contributed by atoms with Crippen LogP contribution in [-0.4, -0.2) is 34.6 Å². The third-order valence-electron chi connectivity index (χ3n) is 5.36. The molecule has 1 aromatic heterocycles. The van der Waals surface area contributed by atoms with E-state index in [0.717, 1.165) is 5.56 Å². The highest BCUT2D eigenvalue weighted by molar-refractivity contribution is 7.93. The zero-order valence-corrected chi connectivity index (χ0v) is 20.4. The van der Waals surface area contributed by atoms with Gasteiger partial charge >= 0.3 is 5.69 Å². The summed E-state index contributed by atoms with van der Waals surface area (Å²) in [6.07, 6.45) is 2.38. The second-order valence-electron chi connectivity index (χ2n) is 8.68. The smallest absolute Gasteiger partial charge is 0.330 e. The number of H-pyrrole nitrogens is 1. The van der Waals surface area contributed by atoms with Crippen molar-refractivity contribution in [1.82, 2.24) is 9.55 Å². The van der Waals surface area contributed by atoms with E-state index in [1.54, 1.807) is 0 Å². The molecule has 1 aromatic carbocycles. The van der Waals surface area contributed by atoms with E-state index in [1.165, 1.54) is 28.4 Å². The minimum absolute atomic E-state index is 0.0212. The van der Waals surface area contributed by atoms with Crippen molar-refractivity contribution in [2.75, 3.05) is 12.9 Å². The summed E-state index contributed by atoms with van der Waals surface area (Å²) in [6.45, 7) is 7.15. The Morgan fingerprint density at radius 3 is 2.62 bits per heavy atom. The van der Waals surface area contributed by atoms with E-state index < -0.39 is 17.5 Å². The molecule has 3 rings (SSSR count). The van der Waals surface area contributed by atoms with Crippen LogP contribution in [0.2, 0.25) is 0 Å². The van der Waals surface area contributed by atoms with Gasteiger partial charge in [0.1, 0.15) is 18.4 Å². The molecule has 0 bridgehead atoms. The molecular formula is C22H30N2O6S2. The van der Waals surface area contributed by atoms with Gasteiger partial charge in [0, 0.05) is 18.9 Å². The normalized spacial score (nSPS) is 21.2. The highest BCUT2D eigenvalue weighted by Crippen LogP contribution is 2.31. The van der Waals surface area contributed by atoms with Gasteiger partial charge in [0.2, 0.25) is 0 Å². The molecule has 0 spiro atoms. The topological polar surface area (TPSA) is 91.8 Å². The SMILES string of the molecule is CSOC[C@H]1O[C@@H](n2cc(COCc3ccccc3C(C)(C)C)c(=O)[nH]c2=O)C[C@H]1OS. The minimum atomic E-state index is -0.604. The van der Waals surface area contributed by atoms with E-state index in [4.69, 9.17) is 17.8 Å². The summed E-state index contributed by atoms with van der Waals surface area (Å²) < 4.78 is 23.7. The number of hydrogen-bond acceptors (Lipinski definition) is 8. The van der Waals surface area contributed by atoms with E-state index in [9.17, 15) is 9.59 Å². The fourth-order valence-corrected chi connectivity index (χ4v) is 4.25. The number of thiol groups is 1. The van der Waals surface area contributed by atoms with Crippen LogP contribution < -0.4 is 11.2 Å². The predicted octanol–water partition coefficient (Wildman–Crippen LogP) is 3.36. The number of nitrogens with one attached hydrogen (secondary N) is 1. The van der Waals surface area contributed by atoms with Crippen molar-refractivity contribution in [3.8, 4) is 0 Å². The van der Waals surface area contributed by atoms with Gasteiger partial charge in [-0.05, 0) is 41.5 Å². The molecule has 1 fully saturated rings. The second-order valence-corrected chi connectivity index (χ2v) is 9.46. The summed E-state index contributed by atoms with van der Waals surface area (Å²) in [6, 6.07) is 8.08. The van der Waals surface area contributed by atoms with Crippen molar-refractivity contribution in [2.24, 2.45) is 0 Å². The summed E-state index contributed by atoms with van der Waals surface area (Å²) >= 11 is 5.14. The summed E-state index contributed by atoms with van der Waals surface area (Å²) in [5.41, 5.74) is 1.55. The maximum atomic E-state index is 12.4. The average molecular weight is 483 g/mol. The van der Waals surface area contributed by atoms with Crippen LogP contribution >= 0.6 is 25.0 Å². The minimum Gasteiger partial charge on any atom is -0.372 e. The van der Waals surface area contributed by atoms with Gasteiger partial charge in [-0.15, -0.1) is 0 Å². The Bertz CT molecular complexity index is 1020. The summed E-state index contributed by atoms with van der Waals surface area (Å²) in [4.78, 5) is 27.1. The third kappa shape index (κ3) is 6.06. The Morgan fingerprint density at radius 1 is 1.22 bits per heavy atom. The van der Waals surface area contributed by atoms with Gasteiger partial charge < -0.3 is 17.8 Å². The third-order valence-corrected chi connectivity index (χ3v) is 6.00. The van der Waals surface area contributed by atoms with Crippen molar-refractivity contribution in [1.29, 1.82) is 0 Å². The number of aromatic nitrogens is 2. The van der Waals surface area contributed by atoms with Gasteiger partial charge in [-0.3, -0.25) is 14.3 Å². The van der Waals surface area contributed by atoms with Gasteiger partial charge in [-0.1, -0.05) is 45.0 Å². The monoisotopic (exact) mass is 482 g/mol. The first-order valence-corrected chi connectivity index (χ1v) is 11.9. The molecule has 0 unspecified atom stereocenters. The van der Waals surface area contributed by atoms with Crippen LogP contribution in [0.1, 0.15) is 50.1 Å². The van der Waals surface area contributed by atoms with Crippen LogP contribution in [0, 0.1) is 0 Å². The zero-order chi connectivity index (χ0) is 23.3. The molecule has 1 aliphatic heterocycles. The fraction of sp³-hybridized carbons (Fsp3) is 0.545. The van der Waals surface area contributed by atoms with Crippen LogP contribution in [0.15, 0.2) is 40.1 Å². The second kappa shape index (κ2) is 11.0. The molecular weight excluding hydrogens is 452 g/mol. The summed E-state index contributed by atoms with van der Waals surface area (Å²) in [5, 5.41) is 0. The van der Waals surface area contributed by atoms with Gasteiger partial charge in [-0.2, -0.15) is 0 Å². The first-order chi connectivity index (χ1) is 15.2. The highest BCUT2D eigenvalue weighted by atomic mass is 32.2. The molecule has 32 heavy (non-hydrogen) atoms. The molecule has 176 valence electrons. The van der Waals surface area contributed by atoms with Crippen LogP contribution in [0.3, 0.4) is 0 Å². The number of benzene rings is 1. The first-order valence-electron chi connectivity index (χ1n) is 10.4. The molecule has 1 saturated heterocycles. The largest absolute Gasteiger partial charge is 0.372 e. The van der Waals surface area contributed by atoms with Crippen LogP contribution in [0.25, 0.3) is 0 Å². The molecule has 0 amide bonds.